The number of nitrogens with zero attached hydrogens (tertiary/aromatic N) is 2. The number of hydrogen-bond acceptors (Lipinski definition) is 2. The van der Waals surface area contributed by atoms with Crippen LogP contribution in [0, 0.1) is 5.82 Å². The summed E-state index contributed by atoms with van der Waals surface area (Å²) in [5, 5.41) is 15.1. The number of hydrogen-bond donors (Lipinski definition) is 1. The summed E-state index contributed by atoms with van der Waals surface area (Å²) in [7, 11) is 0. The van der Waals surface area contributed by atoms with E-state index in [1.807, 2.05) is 18.5 Å². The molecule has 0 radical (unpaired) electrons. The lowest BCUT2D eigenvalue weighted by Crippen LogP contribution is -2.10. The second-order valence-electron chi connectivity index (χ2n) is 4.76. The van der Waals surface area contributed by atoms with Gasteiger partial charge in [0.15, 0.2) is 0 Å². The second-order valence-corrected chi connectivity index (χ2v) is 5.99. The van der Waals surface area contributed by atoms with Crippen molar-refractivity contribution in [2.75, 3.05) is 0 Å². The normalized spacial score (nSPS) is 12.7. The Morgan fingerprint density at radius 2 is 2.14 bits per heavy atom. The van der Waals surface area contributed by atoms with Crippen LogP contribution in [0.15, 0.2) is 22.7 Å². The molecule has 0 saturated heterocycles. The first kappa shape index (κ1) is 16.5. The average molecular weight is 376 g/mol. The molecule has 0 spiro atoms. The lowest BCUT2D eigenvalue weighted by atomic mass is 10.0. The maximum atomic E-state index is 13.9. The third kappa shape index (κ3) is 3.47. The van der Waals surface area contributed by atoms with Crippen molar-refractivity contribution >= 4 is 27.5 Å². The lowest BCUT2D eigenvalue weighted by Gasteiger charge is -2.13. The van der Waals surface area contributed by atoms with E-state index in [1.165, 1.54) is 12.1 Å². The highest BCUT2D eigenvalue weighted by molar-refractivity contribution is 9.10. The number of aromatic nitrogens is 2. The Hall–Kier alpha value is -0.910. The molecule has 21 heavy (non-hydrogen) atoms. The van der Waals surface area contributed by atoms with Gasteiger partial charge in [0.05, 0.1) is 22.0 Å². The van der Waals surface area contributed by atoms with Crippen LogP contribution in [0.3, 0.4) is 0 Å². The summed E-state index contributed by atoms with van der Waals surface area (Å²) in [6.07, 6.45) is 0.150. The van der Waals surface area contributed by atoms with E-state index in [4.69, 9.17) is 11.6 Å². The Morgan fingerprint density at radius 1 is 1.43 bits per heavy atom. The smallest absolute Gasteiger partial charge is 0.130 e. The number of halogens is 3. The summed E-state index contributed by atoms with van der Waals surface area (Å²) >= 11 is 9.26. The molecular formula is C15H17BrClFN2O. The minimum Gasteiger partial charge on any atom is -0.388 e. The van der Waals surface area contributed by atoms with Gasteiger partial charge < -0.3 is 5.11 Å². The molecule has 0 fully saturated rings. The Labute approximate surface area is 136 Å². The molecular weight excluding hydrogens is 359 g/mol. The molecule has 2 rings (SSSR count). The zero-order chi connectivity index (χ0) is 15.6. The molecule has 0 bridgehead atoms. The number of aliphatic hydroxyl groups is 1. The fraction of sp³-hybridized carbons (Fsp3) is 0.400. The van der Waals surface area contributed by atoms with E-state index in [-0.39, 0.29) is 5.56 Å². The molecule has 114 valence electrons. The van der Waals surface area contributed by atoms with Crippen LogP contribution in [0.5, 0.6) is 0 Å². The van der Waals surface area contributed by atoms with E-state index >= 15 is 0 Å². The summed E-state index contributed by atoms with van der Waals surface area (Å²) in [6.45, 7) is 4.70. The van der Waals surface area contributed by atoms with E-state index in [0.29, 0.717) is 18.0 Å². The van der Waals surface area contributed by atoms with Crippen molar-refractivity contribution in [1.82, 2.24) is 9.78 Å². The van der Waals surface area contributed by atoms with Crippen LogP contribution >= 0.6 is 27.5 Å². The van der Waals surface area contributed by atoms with E-state index in [0.717, 1.165) is 22.3 Å². The molecule has 2 aromatic rings. The van der Waals surface area contributed by atoms with Gasteiger partial charge in [-0.3, -0.25) is 4.68 Å². The molecule has 1 aromatic carbocycles. The van der Waals surface area contributed by atoms with E-state index < -0.39 is 11.9 Å². The highest BCUT2D eigenvalue weighted by Gasteiger charge is 2.20. The molecule has 0 aliphatic heterocycles. The summed E-state index contributed by atoms with van der Waals surface area (Å²) in [6, 6.07) is 4.31. The number of aliphatic hydroxyl groups excluding tert-OH is 1. The SMILES string of the molecule is CCc1nn(CC)c(CC(O)c2ccc(Cl)cc2F)c1Br. The standard InChI is InChI=1S/C15H17BrClFN2O/c1-3-12-15(16)13(20(4-2)19-12)8-14(21)10-6-5-9(17)7-11(10)18/h5-7,14,21H,3-4,8H2,1-2H3. The number of aryl methyl sites for hydroxylation is 2. The lowest BCUT2D eigenvalue weighted by molar-refractivity contribution is 0.170. The third-order valence-corrected chi connectivity index (χ3v) is 4.55. The number of rotatable bonds is 5. The summed E-state index contributed by atoms with van der Waals surface area (Å²) in [5.41, 5.74) is 2.06. The minimum absolute atomic E-state index is 0.244. The fourth-order valence-corrected chi connectivity index (χ4v) is 3.16. The zero-order valence-corrected chi connectivity index (χ0v) is 14.2. The summed E-state index contributed by atoms with van der Waals surface area (Å²) < 4.78 is 16.6. The molecule has 1 aromatic heterocycles. The van der Waals surface area contributed by atoms with Crippen LogP contribution in [0.1, 0.15) is 36.9 Å². The maximum Gasteiger partial charge on any atom is 0.130 e. The summed E-state index contributed by atoms with van der Waals surface area (Å²) in [5.74, 6) is -0.496. The van der Waals surface area contributed by atoms with Crippen molar-refractivity contribution < 1.29 is 9.50 Å². The van der Waals surface area contributed by atoms with E-state index in [9.17, 15) is 9.50 Å². The quantitative estimate of drug-likeness (QED) is 0.846. The van der Waals surface area contributed by atoms with Gasteiger partial charge in [0.2, 0.25) is 0 Å². The molecule has 1 unspecified atom stereocenters. The van der Waals surface area contributed by atoms with Gasteiger partial charge in [-0.1, -0.05) is 24.6 Å². The van der Waals surface area contributed by atoms with Crippen molar-refractivity contribution in [3.8, 4) is 0 Å². The minimum atomic E-state index is -0.940. The van der Waals surface area contributed by atoms with Gasteiger partial charge in [-0.25, -0.2) is 4.39 Å². The van der Waals surface area contributed by atoms with Crippen LogP contribution < -0.4 is 0 Å². The van der Waals surface area contributed by atoms with Crippen molar-refractivity contribution in [3.05, 3.63) is 50.5 Å². The van der Waals surface area contributed by atoms with Gasteiger partial charge in [-0.2, -0.15) is 5.10 Å². The number of benzene rings is 1. The summed E-state index contributed by atoms with van der Waals surface area (Å²) in [4.78, 5) is 0. The Bertz CT molecular complexity index is 645. The molecule has 0 aliphatic carbocycles. The van der Waals surface area contributed by atoms with Crippen LogP contribution in [0.25, 0.3) is 0 Å². The topological polar surface area (TPSA) is 38.0 Å². The van der Waals surface area contributed by atoms with Crippen LogP contribution in [-0.2, 0) is 19.4 Å². The first-order valence-corrected chi connectivity index (χ1v) is 8.02. The van der Waals surface area contributed by atoms with Gasteiger partial charge in [0.1, 0.15) is 5.82 Å². The zero-order valence-electron chi connectivity index (χ0n) is 11.9. The maximum absolute atomic E-state index is 13.9. The first-order chi connectivity index (χ1) is 9.97. The molecule has 3 nitrogen and oxygen atoms in total. The van der Waals surface area contributed by atoms with E-state index in [1.54, 1.807) is 6.07 Å². The Morgan fingerprint density at radius 3 is 2.71 bits per heavy atom. The first-order valence-electron chi connectivity index (χ1n) is 6.84. The molecule has 0 saturated carbocycles. The predicted octanol–water partition coefficient (Wildman–Crippen LogP) is 4.30. The molecule has 0 amide bonds. The highest BCUT2D eigenvalue weighted by Crippen LogP contribution is 2.29. The van der Waals surface area contributed by atoms with Gasteiger partial charge in [0.25, 0.3) is 0 Å². The van der Waals surface area contributed by atoms with Crippen molar-refractivity contribution in [1.29, 1.82) is 0 Å². The monoisotopic (exact) mass is 374 g/mol. The third-order valence-electron chi connectivity index (χ3n) is 3.40. The molecule has 1 heterocycles. The van der Waals surface area contributed by atoms with Crippen LogP contribution in [0.2, 0.25) is 5.02 Å². The Balaban J connectivity index is 2.31. The van der Waals surface area contributed by atoms with Gasteiger partial charge in [-0.05, 0) is 41.4 Å². The molecule has 1 N–H and O–H groups in total. The van der Waals surface area contributed by atoms with Crippen molar-refractivity contribution in [3.63, 3.8) is 0 Å². The highest BCUT2D eigenvalue weighted by atomic mass is 79.9. The van der Waals surface area contributed by atoms with Crippen LogP contribution in [-0.4, -0.2) is 14.9 Å². The fourth-order valence-electron chi connectivity index (χ4n) is 2.28. The average Bonchev–Trinajstić information content (AvgIpc) is 2.75. The van der Waals surface area contributed by atoms with Gasteiger partial charge in [0, 0.05) is 23.6 Å². The van der Waals surface area contributed by atoms with Crippen LogP contribution in [0.4, 0.5) is 4.39 Å². The molecule has 1 atom stereocenters. The van der Waals surface area contributed by atoms with Gasteiger partial charge in [-0.15, -0.1) is 0 Å². The Kier molecular flexibility index (Phi) is 5.41. The predicted molar refractivity (Wildman–Crippen MR) is 85.1 cm³/mol. The van der Waals surface area contributed by atoms with Gasteiger partial charge >= 0.3 is 0 Å². The van der Waals surface area contributed by atoms with Crippen molar-refractivity contribution in [2.24, 2.45) is 0 Å². The molecule has 6 heteroatoms. The second kappa shape index (κ2) is 6.90. The molecule has 0 aliphatic rings. The van der Waals surface area contributed by atoms with E-state index in [2.05, 4.69) is 21.0 Å². The van der Waals surface area contributed by atoms with Crippen molar-refractivity contribution in [2.45, 2.75) is 39.3 Å². The largest absolute Gasteiger partial charge is 0.388 e.